The number of aromatic nitrogens is 3. The second-order valence-corrected chi connectivity index (χ2v) is 10.5. The van der Waals surface area contributed by atoms with Crippen molar-refractivity contribution in [3.05, 3.63) is 113 Å². The Labute approximate surface area is 214 Å². The van der Waals surface area contributed by atoms with Gasteiger partial charge in [0.2, 0.25) is 5.91 Å². The first kappa shape index (κ1) is 22.2. The molecule has 1 saturated carbocycles. The lowest BCUT2D eigenvalue weighted by molar-refractivity contribution is -0.126. The van der Waals surface area contributed by atoms with Crippen molar-refractivity contribution in [3.8, 4) is 5.69 Å². The molecule has 2 aliphatic carbocycles. The topological polar surface area (TPSA) is 51.0 Å². The van der Waals surface area contributed by atoms with E-state index in [4.69, 9.17) is 4.98 Å². The number of benzene rings is 2. The number of hydrogen-bond donors (Lipinski definition) is 0. The maximum absolute atomic E-state index is 13.5. The molecule has 7 rings (SSSR count). The molecular formula is C31H27FN4O. The van der Waals surface area contributed by atoms with Gasteiger partial charge in [0, 0.05) is 47.3 Å². The molecule has 1 aliphatic heterocycles. The molecule has 3 atom stereocenters. The Kier molecular flexibility index (Phi) is 4.93. The molecule has 6 heteroatoms. The molecule has 0 spiro atoms. The second kappa shape index (κ2) is 8.23. The maximum atomic E-state index is 13.5. The van der Waals surface area contributed by atoms with Gasteiger partial charge in [0.15, 0.2) is 0 Å². The third-order valence-corrected chi connectivity index (χ3v) is 8.45. The largest absolute Gasteiger partial charge is 0.338 e. The van der Waals surface area contributed by atoms with Gasteiger partial charge in [-0.25, -0.2) is 9.07 Å². The second-order valence-electron chi connectivity index (χ2n) is 10.5. The van der Waals surface area contributed by atoms with Crippen molar-refractivity contribution in [2.75, 3.05) is 13.1 Å². The summed E-state index contributed by atoms with van der Waals surface area (Å²) in [4.78, 5) is 20.2. The fraction of sp³-hybridized carbons (Fsp3) is 0.258. The van der Waals surface area contributed by atoms with Gasteiger partial charge >= 0.3 is 0 Å². The molecule has 5 nitrogen and oxygen atoms in total. The fourth-order valence-corrected chi connectivity index (χ4v) is 6.71. The predicted molar refractivity (Wildman–Crippen MR) is 141 cm³/mol. The molecule has 184 valence electrons. The SMILES string of the molecule is Cc1cc2c(cnn2-c2ccc(F)cc2)cc1[C@]12CN(C(=O)C3=CC=CCC3)C[C@H]1[C@H]2c1ccccn1. The van der Waals surface area contributed by atoms with E-state index in [1.165, 1.54) is 23.3 Å². The van der Waals surface area contributed by atoms with Crippen molar-refractivity contribution in [3.63, 3.8) is 0 Å². The van der Waals surface area contributed by atoms with Crippen LogP contribution in [0.4, 0.5) is 4.39 Å². The van der Waals surface area contributed by atoms with E-state index in [9.17, 15) is 9.18 Å². The zero-order chi connectivity index (χ0) is 25.1. The smallest absolute Gasteiger partial charge is 0.249 e. The number of pyridine rings is 1. The number of rotatable bonds is 4. The van der Waals surface area contributed by atoms with Crippen molar-refractivity contribution in [2.24, 2.45) is 5.92 Å². The number of hydrogen-bond acceptors (Lipinski definition) is 3. The minimum Gasteiger partial charge on any atom is -0.338 e. The average Bonchev–Trinajstić information content (AvgIpc) is 3.19. The summed E-state index contributed by atoms with van der Waals surface area (Å²) in [7, 11) is 0. The molecule has 0 radical (unpaired) electrons. The van der Waals surface area contributed by atoms with Gasteiger partial charge in [-0.2, -0.15) is 5.10 Å². The Morgan fingerprint density at radius 1 is 1.14 bits per heavy atom. The highest BCUT2D eigenvalue weighted by Gasteiger charge is 2.71. The van der Waals surface area contributed by atoms with Gasteiger partial charge in [0.25, 0.3) is 0 Å². The van der Waals surface area contributed by atoms with E-state index in [0.717, 1.165) is 47.2 Å². The van der Waals surface area contributed by atoms with Gasteiger partial charge in [-0.1, -0.05) is 24.3 Å². The number of likely N-dealkylation sites (tertiary alicyclic amines) is 1. The van der Waals surface area contributed by atoms with Crippen LogP contribution in [0, 0.1) is 18.7 Å². The Morgan fingerprint density at radius 2 is 2.00 bits per heavy atom. The number of piperidine rings is 1. The summed E-state index contributed by atoms with van der Waals surface area (Å²) in [5, 5.41) is 5.66. The Morgan fingerprint density at radius 3 is 2.76 bits per heavy atom. The third-order valence-electron chi connectivity index (χ3n) is 8.45. The Balaban J connectivity index is 1.30. The number of carbonyl (C=O) groups excluding carboxylic acids is 1. The molecular weight excluding hydrogens is 463 g/mol. The minimum absolute atomic E-state index is 0.161. The Bertz CT molecular complexity index is 1590. The first-order chi connectivity index (χ1) is 18.1. The number of amides is 1. The predicted octanol–water partition coefficient (Wildman–Crippen LogP) is 5.64. The number of carbonyl (C=O) groups is 1. The maximum Gasteiger partial charge on any atom is 0.249 e. The number of allylic oxidation sites excluding steroid dienone is 3. The number of aryl methyl sites for hydroxylation is 1. The summed E-state index contributed by atoms with van der Waals surface area (Å²) in [5.41, 5.74) is 6.10. The normalized spacial score (nSPS) is 24.3. The molecule has 1 amide bonds. The number of halogens is 1. The van der Waals surface area contributed by atoms with Gasteiger partial charge in [-0.3, -0.25) is 9.78 Å². The van der Waals surface area contributed by atoms with Gasteiger partial charge in [0.1, 0.15) is 5.82 Å². The van der Waals surface area contributed by atoms with Crippen LogP contribution in [0.15, 0.2) is 90.8 Å². The fourth-order valence-electron chi connectivity index (χ4n) is 6.71. The molecule has 0 N–H and O–H groups in total. The molecule has 1 saturated heterocycles. The summed E-state index contributed by atoms with van der Waals surface area (Å²) in [6.45, 7) is 3.58. The van der Waals surface area contributed by atoms with E-state index in [1.54, 1.807) is 12.1 Å². The van der Waals surface area contributed by atoms with E-state index in [2.05, 4.69) is 47.3 Å². The third kappa shape index (κ3) is 3.39. The van der Waals surface area contributed by atoms with E-state index in [-0.39, 0.29) is 23.1 Å². The Hall–Kier alpha value is -4.06. The van der Waals surface area contributed by atoms with E-state index in [1.807, 2.05) is 35.3 Å². The molecule has 3 aliphatic rings. The van der Waals surface area contributed by atoms with Gasteiger partial charge in [-0.05, 0) is 85.3 Å². The molecule has 2 fully saturated rings. The summed E-state index contributed by atoms with van der Waals surface area (Å²) in [6.07, 6.45) is 11.5. The van der Waals surface area contributed by atoms with E-state index >= 15 is 0 Å². The summed E-state index contributed by atoms with van der Waals surface area (Å²) in [6, 6.07) is 17.0. The molecule has 0 bridgehead atoms. The van der Waals surface area contributed by atoms with E-state index < -0.39 is 0 Å². The van der Waals surface area contributed by atoms with Crippen LogP contribution in [0.25, 0.3) is 16.6 Å². The van der Waals surface area contributed by atoms with Crippen molar-refractivity contribution in [1.82, 2.24) is 19.7 Å². The lowest BCUT2D eigenvalue weighted by atomic mass is 9.87. The molecule has 3 heterocycles. The molecule has 2 aromatic carbocycles. The monoisotopic (exact) mass is 490 g/mol. The number of nitrogens with zero attached hydrogens (tertiary/aromatic N) is 4. The van der Waals surface area contributed by atoms with Crippen molar-refractivity contribution >= 4 is 16.8 Å². The lowest BCUT2D eigenvalue weighted by Gasteiger charge is -2.26. The summed E-state index contributed by atoms with van der Waals surface area (Å²) >= 11 is 0. The molecule has 2 aromatic heterocycles. The highest BCUT2D eigenvalue weighted by atomic mass is 19.1. The highest BCUT2D eigenvalue weighted by molar-refractivity contribution is 5.95. The average molecular weight is 491 g/mol. The molecule has 4 aromatic rings. The first-order valence-corrected chi connectivity index (χ1v) is 12.9. The zero-order valence-corrected chi connectivity index (χ0v) is 20.6. The zero-order valence-electron chi connectivity index (χ0n) is 20.6. The lowest BCUT2D eigenvalue weighted by Crippen LogP contribution is -2.35. The van der Waals surface area contributed by atoms with Crippen LogP contribution in [0.5, 0.6) is 0 Å². The molecule has 0 unspecified atom stereocenters. The summed E-state index contributed by atoms with van der Waals surface area (Å²) < 4.78 is 15.4. The quantitative estimate of drug-likeness (QED) is 0.372. The highest BCUT2D eigenvalue weighted by Crippen LogP contribution is 2.69. The van der Waals surface area contributed by atoms with Gasteiger partial charge in [0.05, 0.1) is 17.4 Å². The van der Waals surface area contributed by atoms with Crippen molar-refractivity contribution < 1.29 is 9.18 Å². The standard InChI is InChI=1S/C31H27FN4O/c1-20-15-28-22(17-34-36(28)24-12-10-23(32)11-13-24)16-25(20)31-19-35(30(37)21-7-3-2-4-8-21)18-26(31)29(31)27-9-5-6-14-33-27/h2-3,5-7,9-17,26,29H,4,8,18-19H2,1H3/t26-,29-,31+/m0/s1. The van der Waals surface area contributed by atoms with Crippen LogP contribution in [0.1, 0.15) is 35.6 Å². The van der Waals surface area contributed by atoms with Gasteiger partial charge in [-0.15, -0.1) is 0 Å². The number of fused-ring (bicyclic) bond motifs is 2. The summed E-state index contributed by atoms with van der Waals surface area (Å²) in [5.74, 6) is 0.507. The minimum atomic E-state index is -0.265. The van der Waals surface area contributed by atoms with Crippen LogP contribution in [0.3, 0.4) is 0 Å². The van der Waals surface area contributed by atoms with Crippen molar-refractivity contribution in [1.29, 1.82) is 0 Å². The van der Waals surface area contributed by atoms with Crippen LogP contribution in [0.2, 0.25) is 0 Å². The van der Waals surface area contributed by atoms with Crippen LogP contribution in [-0.2, 0) is 10.2 Å². The van der Waals surface area contributed by atoms with Crippen LogP contribution >= 0.6 is 0 Å². The van der Waals surface area contributed by atoms with Crippen LogP contribution in [-0.4, -0.2) is 38.7 Å². The van der Waals surface area contributed by atoms with Gasteiger partial charge < -0.3 is 4.90 Å². The first-order valence-electron chi connectivity index (χ1n) is 12.9. The molecule has 37 heavy (non-hydrogen) atoms. The van der Waals surface area contributed by atoms with Crippen molar-refractivity contribution in [2.45, 2.75) is 31.1 Å². The van der Waals surface area contributed by atoms with Crippen LogP contribution < -0.4 is 0 Å². The van der Waals surface area contributed by atoms with E-state index in [0.29, 0.717) is 12.5 Å².